The Hall–Kier alpha value is 0.135. The molecule has 2 radical (unpaired) electrons. The molecule has 1 aliphatic heterocycles. The minimum Gasteiger partial charge on any atom is -0.382 e. The molecule has 0 saturated carbocycles. The molecule has 7 heteroatoms. The Bertz CT molecular complexity index is 261. The van der Waals surface area contributed by atoms with Crippen LogP contribution in [0.2, 0.25) is 0 Å². The van der Waals surface area contributed by atoms with E-state index in [4.69, 9.17) is 17.1 Å². The molecule has 1 fully saturated rings. The monoisotopic (exact) mass is 234 g/mol. The summed E-state index contributed by atoms with van der Waals surface area (Å²) in [6.45, 7) is 3.72. The van der Waals surface area contributed by atoms with Gasteiger partial charge in [0.05, 0.1) is 12.2 Å². The Morgan fingerprint density at radius 2 is 2.20 bits per heavy atom. The quantitative estimate of drug-likeness (QED) is 0.581. The number of phosphoric ester groups is 1. The number of ether oxygens (including phenoxy) is 1. The Morgan fingerprint density at radius 1 is 1.60 bits per heavy atom. The lowest BCUT2D eigenvalue weighted by Gasteiger charge is -2.22. The van der Waals surface area contributed by atoms with E-state index in [-0.39, 0.29) is 12.0 Å². The third-order valence-corrected chi connectivity index (χ3v) is 3.59. The molecule has 1 rings (SSSR count). The van der Waals surface area contributed by atoms with Crippen molar-refractivity contribution in [3.63, 3.8) is 0 Å². The smallest absolute Gasteiger partial charge is 0.382 e. The van der Waals surface area contributed by atoms with Crippen molar-refractivity contribution in [2.45, 2.75) is 38.5 Å². The summed E-state index contributed by atoms with van der Waals surface area (Å²) in [6.07, 6.45) is -0.0849. The van der Waals surface area contributed by atoms with Crippen LogP contribution in [0.25, 0.3) is 0 Å². The SMILES string of the molecule is [B][C@@H]1O[C@H](CC)[C@@H](OP(=O)(O)OC)[C@@H]1C. The molecule has 0 aromatic rings. The first-order valence-electron chi connectivity index (χ1n) is 4.89. The molecule has 0 amide bonds. The Kier molecular flexibility index (Phi) is 4.38. The molecule has 1 saturated heterocycles. The summed E-state index contributed by atoms with van der Waals surface area (Å²) in [4.78, 5) is 9.22. The maximum absolute atomic E-state index is 11.3. The minimum atomic E-state index is -3.97. The van der Waals surface area contributed by atoms with Gasteiger partial charge in [-0.3, -0.25) is 9.05 Å². The van der Waals surface area contributed by atoms with Crippen molar-refractivity contribution in [3.8, 4) is 0 Å². The molecule has 1 unspecified atom stereocenters. The van der Waals surface area contributed by atoms with Crippen molar-refractivity contribution in [3.05, 3.63) is 0 Å². The standard InChI is InChI=1S/C8H16BO5P/c1-4-6-7(5(2)8(9)13-6)14-15(10,11)12-3/h5-8H,4H2,1-3H3,(H,10,11)/t5-,6+,7-,8+/m0/s1. The molecule has 0 aromatic heterocycles. The summed E-state index contributed by atoms with van der Waals surface area (Å²) in [5.74, 6) is -0.134. The van der Waals surface area contributed by atoms with Gasteiger partial charge >= 0.3 is 7.82 Å². The third-order valence-electron chi connectivity index (χ3n) is 2.62. The lowest BCUT2D eigenvalue weighted by atomic mass is 9.86. The highest BCUT2D eigenvalue weighted by atomic mass is 31.2. The zero-order chi connectivity index (χ0) is 11.6. The highest BCUT2D eigenvalue weighted by molar-refractivity contribution is 7.47. The van der Waals surface area contributed by atoms with E-state index >= 15 is 0 Å². The Morgan fingerprint density at radius 3 is 2.67 bits per heavy atom. The summed E-state index contributed by atoms with van der Waals surface area (Å²) in [6, 6.07) is -0.461. The Labute approximate surface area is 91.1 Å². The molecule has 0 aromatic carbocycles. The van der Waals surface area contributed by atoms with E-state index in [1.54, 1.807) is 0 Å². The number of rotatable bonds is 4. The highest BCUT2D eigenvalue weighted by Crippen LogP contribution is 2.47. The second-order valence-corrected chi connectivity index (χ2v) is 5.14. The summed E-state index contributed by atoms with van der Waals surface area (Å²) in [5, 5.41) is 0. The van der Waals surface area contributed by atoms with Crippen molar-refractivity contribution >= 4 is 15.7 Å². The van der Waals surface area contributed by atoms with Crippen molar-refractivity contribution in [1.29, 1.82) is 0 Å². The molecule has 0 spiro atoms. The average Bonchev–Trinajstić information content (AvgIpc) is 2.45. The first-order chi connectivity index (χ1) is 6.91. The topological polar surface area (TPSA) is 65.0 Å². The average molecular weight is 234 g/mol. The van der Waals surface area contributed by atoms with E-state index in [1.807, 2.05) is 13.8 Å². The van der Waals surface area contributed by atoms with Gasteiger partial charge in [0.25, 0.3) is 0 Å². The van der Waals surface area contributed by atoms with Crippen LogP contribution < -0.4 is 0 Å². The van der Waals surface area contributed by atoms with Gasteiger partial charge in [0.2, 0.25) is 0 Å². The van der Waals surface area contributed by atoms with Crippen LogP contribution in [-0.2, 0) is 18.3 Å². The van der Waals surface area contributed by atoms with Crippen molar-refractivity contribution in [2.24, 2.45) is 5.92 Å². The van der Waals surface area contributed by atoms with Gasteiger partial charge in [-0.15, -0.1) is 0 Å². The van der Waals surface area contributed by atoms with E-state index < -0.39 is 19.9 Å². The highest BCUT2D eigenvalue weighted by Gasteiger charge is 2.42. The predicted molar refractivity (Wildman–Crippen MR) is 55.6 cm³/mol. The number of hydrogen-bond donors (Lipinski definition) is 1. The molecule has 86 valence electrons. The van der Waals surface area contributed by atoms with E-state index in [2.05, 4.69) is 4.52 Å². The first kappa shape index (κ1) is 13.2. The van der Waals surface area contributed by atoms with Crippen LogP contribution in [0.4, 0.5) is 0 Å². The van der Waals surface area contributed by atoms with Gasteiger partial charge in [-0.25, -0.2) is 4.57 Å². The van der Waals surface area contributed by atoms with E-state index in [1.165, 1.54) is 0 Å². The van der Waals surface area contributed by atoms with Crippen molar-refractivity contribution in [2.75, 3.05) is 7.11 Å². The number of hydrogen-bond acceptors (Lipinski definition) is 4. The maximum Gasteiger partial charge on any atom is 0.472 e. The van der Waals surface area contributed by atoms with Gasteiger partial charge in [-0.05, 0) is 6.42 Å². The van der Waals surface area contributed by atoms with Crippen LogP contribution in [0.1, 0.15) is 20.3 Å². The summed E-state index contributed by atoms with van der Waals surface area (Å²) in [5.41, 5.74) is 0. The van der Waals surface area contributed by atoms with E-state index in [9.17, 15) is 9.46 Å². The normalized spacial score (nSPS) is 40.3. The fraction of sp³-hybridized carbons (Fsp3) is 1.00. The molecule has 1 N–H and O–H groups in total. The van der Waals surface area contributed by atoms with Crippen LogP contribution in [0.5, 0.6) is 0 Å². The van der Waals surface area contributed by atoms with Gasteiger partial charge in [-0.1, -0.05) is 13.8 Å². The lowest BCUT2D eigenvalue weighted by molar-refractivity contribution is 0.0240. The Balaban J connectivity index is 2.70. The molecule has 15 heavy (non-hydrogen) atoms. The molecule has 5 nitrogen and oxygen atoms in total. The van der Waals surface area contributed by atoms with Crippen LogP contribution >= 0.6 is 7.82 Å². The summed E-state index contributed by atoms with van der Waals surface area (Å²) >= 11 is 0. The van der Waals surface area contributed by atoms with Crippen molar-refractivity contribution < 1.29 is 23.2 Å². The molecular weight excluding hydrogens is 218 g/mol. The van der Waals surface area contributed by atoms with Gasteiger partial charge < -0.3 is 9.63 Å². The summed E-state index contributed by atoms with van der Waals surface area (Å²) in [7, 11) is 2.84. The lowest BCUT2D eigenvalue weighted by Crippen LogP contribution is -2.28. The van der Waals surface area contributed by atoms with E-state index in [0.29, 0.717) is 6.42 Å². The van der Waals surface area contributed by atoms with Gasteiger partial charge in [0, 0.05) is 19.0 Å². The predicted octanol–water partition coefficient (Wildman–Crippen LogP) is 1.06. The van der Waals surface area contributed by atoms with Gasteiger partial charge in [0.1, 0.15) is 7.85 Å². The van der Waals surface area contributed by atoms with Crippen LogP contribution in [-0.4, -0.2) is 38.1 Å². The molecule has 0 aliphatic carbocycles. The van der Waals surface area contributed by atoms with Gasteiger partial charge in [-0.2, -0.15) is 0 Å². The third kappa shape index (κ3) is 3.05. The fourth-order valence-corrected chi connectivity index (χ4v) is 2.34. The van der Waals surface area contributed by atoms with Crippen LogP contribution in [0.3, 0.4) is 0 Å². The molecule has 1 heterocycles. The van der Waals surface area contributed by atoms with Gasteiger partial charge in [0.15, 0.2) is 0 Å². The van der Waals surface area contributed by atoms with Crippen molar-refractivity contribution in [1.82, 2.24) is 0 Å². The largest absolute Gasteiger partial charge is 0.472 e. The second-order valence-electron chi connectivity index (χ2n) is 3.63. The van der Waals surface area contributed by atoms with Crippen LogP contribution in [0.15, 0.2) is 0 Å². The molecule has 0 bridgehead atoms. The number of phosphoric acid groups is 1. The first-order valence-corrected chi connectivity index (χ1v) is 6.38. The molecule has 1 aliphatic rings. The molecular formula is C8H16BO5P. The zero-order valence-electron chi connectivity index (χ0n) is 9.12. The minimum absolute atomic E-state index is 0.134. The maximum atomic E-state index is 11.3. The zero-order valence-corrected chi connectivity index (χ0v) is 10.0. The second kappa shape index (κ2) is 4.98. The van der Waals surface area contributed by atoms with Crippen LogP contribution in [0, 0.1) is 5.92 Å². The summed E-state index contributed by atoms with van der Waals surface area (Å²) < 4.78 is 26.0. The molecule has 5 atom stereocenters. The van der Waals surface area contributed by atoms with E-state index in [0.717, 1.165) is 7.11 Å². The fourth-order valence-electron chi connectivity index (χ4n) is 1.62.